The molecule has 5 nitrogen and oxygen atoms in total. The van der Waals surface area contributed by atoms with Crippen LogP contribution in [0.25, 0.3) is 0 Å². The van der Waals surface area contributed by atoms with E-state index in [-0.39, 0.29) is 5.95 Å². The van der Waals surface area contributed by atoms with E-state index >= 15 is 0 Å². The highest BCUT2D eigenvalue weighted by molar-refractivity contribution is 9.10. The van der Waals surface area contributed by atoms with Gasteiger partial charge in [0.1, 0.15) is 11.5 Å². The van der Waals surface area contributed by atoms with Gasteiger partial charge in [0.25, 0.3) is 0 Å². The van der Waals surface area contributed by atoms with Crippen LogP contribution < -0.4 is 11.1 Å². The zero-order valence-corrected chi connectivity index (χ0v) is 10.5. The molecule has 1 aromatic rings. The lowest BCUT2D eigenvalue weighted by Gasteiger charge is -2.33. The predicted octanol–water partition coefficient (Wildman–Crippen LogP) is 1.89. The van der Waals surface area contributed by atoms with Crippen molar-refractivity contribution in [2.75, 3.05) is 11.1 Å². The summed E-state index contributed by atoms with van der Waals surface area (Å²) in [6, 6.07) is 0. The average molecular weight is 287 g/mol. The summed E-state index contributed by atoms with van der Waals surface area (Å²) in [4.78, 5) is 7.91. The maximum absolute atomic E-state index is 10.3. The number of nitrogen functional groups attached to an aromatic ring is 1. The van der Waals surface area contributed by atoms with Crippen LogP contribution in [-0.4, -0.2) is 20.8 Å². The van der Waals surface area contributed by atoms with Crippen molar-refractivity contribution in [2.24, 2.45) is 0 Å². The number of hydrogen-bond acceptors (Lipinski definition) is 5. The molecule has 4 N–H and O–H groups in total. The summed E-state index contributed by atoms with van der Waals surface area (Å²) in [6.45, 7) is 0. The normalized spacial score (nSPS) is 19.4. The number of hydrogen-bond donors (Lipinski definition) is 3. The summed E-state index contributed by atoms with van der Waals surface area (Å²) in [5, 5.41) is 13.4. The van der Waals surface area contributed by atoms with E-state index in [2.05, 4.69) is 31.2 Å². The minimum atomic E-state index is -0.860. The van der Waals surface area contributed by atoms with E-state index in [1.807, 2.05) is 0 Å². The van der Waals surface area contributed by atoms with Crippen molar-refractivity contribution in [1.82, 2.24) is 9.97 Å². The Labute approximate surface area is 103 Å². The molecule has 0 unspecified atom stereocenters. The number of aromatic nitrogens is 2. The average Bonchev–Trinajstić information content (AvgIpc) is 2.24. The third-order valence-electron chi connectivity index (χ3n) is 2.79. The van der Waals surface area contributed by atoms with Gasteiger partial charge in [-0.25, -0.2) is 4.98 Å². The van der Waals surface area contributed by atoms with Crippen LogP contribution in [0.5, 0.6) is 0 Å². The van der Waals surface area contributed by atoms with E-state index in [4.69, 9.17) is 5.73 Å². The molecule has 1 aliphatic carbocycles. The van der Waals surface area contributed by atoms with Gasteiger partial charge in [-0.3, -0.25) is 0 Å². The Hall–Kier alpha value is -0.880. The molecular formula is C10H15BrN4O. The number of aliphatic hydroxyl groups is 1. The van der Waals surface area contributed by atoms with Gasteiger partial charge in [-0.05, 0) is 41.6 Å². The zero-order chi connectivity index (χ0) is 11.6. The SMILES string of the molecule is Nc1ncc(Br)c(NC2(O)CCCCC2)n1. The molecular weight excluding hydrogens is 272 g/mol. The molecule has 6 heteroatoms. The van der Waals surface area contributed by atoms with Crippen molar-refractivity contribution in [3.05, 3.63) is 10.7 Å². The summed E-state index contributed by atoms with van der Waals surface area (Å²) >= 11 is 3.33. The highest BCUT2D eigenvalue weighted by Crippen LogP contribution is 2.31. The Balaban J connectivity index is 2.15. The Morgan fingerprint density at radius 1 is 1.38 bits per heavy atom. The molecule has 0 radical (unpaired) electrons. The van der Waals surface area contributed by atoms with Gasteiger partial charge in [-0.1, -0.05) is 6.42 Å². The minimum Gasteiger partial charge on any atom is -0.371 e. The maximum atomic E-state index is 10.3. The maximum Gasteiger partial charge on any atom is 0.221 e. The number of halogens is 1. The summed E-state index contributed by atoms with van der Waals surface area (Å²) in [5.41, 5.74) is 4.65. The number of nitrogens with zero attached hydrogens (tertiary/aromatic N) is 2. The van der Waals surface area contributed by atoms with Gasteiger partial charge >= 0.3 is 0 Å². The topological polar surface area (TPSA) is 84.1 Å². The van der Waals surface area contributed by atoms with Crippen LogP contribution in [0.1, 0.15) is 32.1 Å². The van der Waals surface area contributed by atoms with E-state index in [1.165, 1.54) is 6.42 Å². The van der Waals surface area contributed by atoms with Gasteiger partial charge in [0.15, 0.2) is 0 Å². The van der Waals surface area contributed by atoms with Crippen molar-refractivity contribution in [2.45, 2.75) is 37.8 Å². The number of rotatable bonds is 2. The van der Waals surface area contributed by atoms with Crippen LogP contribution in [0.3, 0.4) is 0 Å². The van der Waals surface area contributed by atoms with Gasteiger partial charge in [0, 0.05) is 6.20 Å². The van der Waals surface area contributed by atoms with Crippen molar-refractivity contribution >= 4 is 27.7 Å². The summed E-state index contributed by atoms with van der Waals surface area (Å²) < 4.78 is 0.709. The molecule has 1 aliphatic rings. The molecule has 0 aromatic carbocycles. The Bertz CT molecular complexity index is 379. The van der Waals surface area contributed by atoms with Crippen molar-refractivity contribution in [1.29, 1.82) is 0 Å². The zero-order valence-electron chi connectivity index (χ0n) is 8.91. The Morgan fingerprint density at radius 2 is 2.06 bits per heavy atom. The first-order valence-electron chi connectivity index (χ1n) is 5.38. The molecule has 1 fully saturated rings. The third-order valence-corrected chi connectivity index (χ3v) is 3.37. The fourth-order valence-corrected chi connectivity index (χ4v) is 2.24. The molecule has 88 valence electrons. The van der Waals surface area contributed by atoms with E-state index in [9.17, 15) is 5.11 Å². The first-order chi connectivity index (χ1) is 7.59. The van der Waals surface area contributed by atoms with Crippen molar-refractivity contribution in [3.8, 4) is 0 Å². The van der Waals surface area contributed by atoms with Gasteiger partial charge in [0.05, 0.1) is 4.47 Å². The van der Waals surface area contributed by atoms with Gasteiger partial charge in [0.2, 0.25) is 5.95 Å². The van der Waals surface area contributed by atoms with E-state index in [1.54, 1.807) is 6.20 Å². The molecule has 0 atom stereocenters. The summed E-state index contributed by atoms with van der Waals surface area (Å²) in [6.07, 6.45) is 6.30. The molecule has 1 heterocycles. The summed E-state index contributed by atoms with van der Waals surface area (Å²) in [7, 11) is 0. The molecule has 0 aliphatic heterocycles. The quantitative estimate of drug-likeness (QED) is 0.723. The number of nitrogens with two attached hydrogens (primary N) is 1. The van der Waals surface area contributed by atoms with Crippen LogP contribution in [0, 0.1) is 0 Å². The van der Waals surface area contributed by atoms with Gasteiger partial charge in [-0.15, -0.1) is 0 Å². The van der Waals surface area contributed by atoms with Gasteiger partial charge < -0.3 is 16.2 Å². The molecule has 0 bridgehead atoms. The smallest absolute Gasteiger partial charge is 0.221 e. The number of nitrogens with one attached hydrogen (secondary N) is 1. The lowest BCUT2D eigenvalue weighted by molar-refractivity contribution is 0.0312. The Kier molecular flexibility index (Phi) is 3.30. The molecule has 16 heavy (non-hydrogen) atoms. The Morgan fingerprint density at radius 3 is 2.75 bits per heavy atom. The molecule has 0 spiro atoms. The van der Waals surface area contributed by atoms with Crippen molar-refractivity contribution in [3.63, 3.8) is 0 Å². The van der Waals surface area contributed by atoms with E-state index < -0.39 is 5.72 Å². The van der Waals surface area contributed by atoms with Crippen LogP contribution in [0.4, 0.5) is 11.8 Å². The standard InChI is InChI=1S/C10H15BrN4O/c11-7-6-13-9(12)14-8(7)15-10(16)4-2-1-3-5-10/h6,16H,1-5H2,(H3,12,13,14,15). The highest BCUT2D eigenvalue weighted by Gasteiger charge is 2.29. The van der Waals surface area contributed by atoms with Crippen molar-refractivity contribution < 1.29 is 5.11 Å². The fraction of sp³-hybridized carbons (Fsp3) is 0.600. The molecule has 1 saturated carbocycles. The summed E-state index contributed by atoms with van der Waals surface area (Å²) in [5.74, 6) is 0.752. The molecule has 2 rings (SSSR count). The monoisotopic (exact) mass is 286 g/mol. The second kappa shape index (κ2) is 4.55. The first kappa shape index (κ1) is 11.6. The van der Waals surface area contributed by atoms with Gasteiger partial charge in [-0.2, -0.15) is 4.98 Å². The van der Waals surface area contributed by atoms with E-state index in [0.29, 0.717) is 10.3 Å². The van der Waals surface area contributed by atoms with Crippen LogP contribution in [0.2, 0.25) is 0 Å². The first-order valence-corrected chi connectivity index (χ1v) is 6.17. The lowest BCUT2D eigenvalue weighted by atomic mass is 9.92. The second-order valence-corrected chi connectivity index (χ2v) is 5.00. The second-order valence-electron chi connectivity index (χ2n) is 4.14. The predicted molar refractivity (Wildman–Crippen MR) is 65.8 cm³/mol. The third kappa shape index (κ3) is 2.62. The lowest BCUT2D eigenvalue weighted by Crippen LogP contribution is -2.40. The highest BCUT2D eigenvalue weighted by atomic mass is 79.9. The number of anilines is 2. The fourth-order valence-electron chi connectivity index (χ4n) is 1.95. The molecule has 0 saturated heterocycles. The largest absolute Gasteiger partial charge is 0.371 e. The van der Waals surface area contributed by atoms with Crippen LogP contribution in [0.15, 0.2) is 10.7 Å². The molecule has 1 aromatic heterocycles. The van der Waals surface area contributed by atoms with E-state index in [0.717, 1.165) is 25.7 Å². The molecule has 0 amide bonds. The van der Waals surface area contributed by atoms with Crippen LogP contribution in [-0.2, 0) is 0 Å². The van der Waals surface area contributed by atoms with Crippen LogP contribution >= 0.6 is 15.9 Å². The minimum absolute atomic E-state index is 0.199.